The standard InChI is InChI=1S/C6H13FS/c1-3-6(2)4-5-8-7/h6H,3-5H2,1-2H3. The summed E-state index contributed by atoms with van der Waals surface area (Å²) in [5.74, 6) is 1.35. The maximum Gasteiger partial charge on any atom is 0.0443 e. The van der Waals surface area contributed by atoms with Gasteiger partial charge in [-0.2, -0.15) is 3.89 Å². The van der Waals surface area contributed by atoms with E-state index in [1.54, 1.807) is 0 Å². The molecular formula is C6H13FS. The van der Waals surface area contributed by atoms with Gasteiger partial charge >= 0.3 is 0 Å². The second kappa shape index (κ2) is 5.42. The molecule has 0 N–H and O–H groups in total. The molecule has 2 heteroatoms. The first-order valence-corrected chi connectivity index (χ1v) is 3.93. The molecule has 0 nitrogen and oxygen atoms in total. The Kier molecular flexibility index (Phi) is 5.61. The molecule has 0 aliphatic rings. The van der Waals surface area contributed by atoms with Gasteiger partial charge in [0.1, 0.15) is 0 Å². The summed E-state index contributed by atoms with van der Waals surface area (Å²) in [6, 6.07) is 0. The molecule has 8 heavy (non-hydrogen) atoms. The van der Waals surface area contributed by atoms with E-state index in [4.69, 9.17) is 0 Å². The van der Waals surface area contributed by atoms with E-state index in [0.717, 1.165) is 6.42 Å². The zero-order valence-electron chi connectivity index (χ0n) is 5.48. The molecule has 0 saturated heterocycles. The molecule has 0 aromatic heterocycles. The van der Waals surface area contributed by atoms with Crippen molar-refractivity contribution >= 4 is 12.1 Å². The molecule has 1 atom stereocenters. The zero-order chi connectivity index (χ0) is 6.41. The van der Waals surface area contributed by atoms with Crippen LogP contribution in [0.4, 0.5) is 3.89 Å². The number of halogens is 1. The van der Waals surface area contributed by atoms with Crippen LogP contribution in [0.25, 0.3) is 0 Å². The molecular weight excluding hydrogens is 123 g/mol. The smallest absolute Gasteiger partial charge is 0.0443 e. The van der Waals surface area contributed by atoms with Crippen molar-refractivity contribution in [2.75, 3.05) is 5.75 Å². The average Bonchev–Trinajstić information content (AvgIpc) is 1.83. The van der Waals surface area contributed by atoms with Gasteiger partial charge in [-0.25, -0.2) is 0 Å². The summed E-state index contributed by atoms with van der Waals surface area (Å²) < 4.78 is 11.4. The Morgan fingerprint density at radius 1 is 1.62 bits per heavy atom. The maximum atomic E-state index is 11.4. The van der Waals surface area contributed by atoms with Crippen molar-refractivity contribution in [2.24, 2.45) is 5.92 Å². The lowest BCUT2D eigenvalue weighted by Gasteiger charge is -2.02. The average molecular weight is 136 g/mol. The summed E-state index contributed by atoms with van der Waals surface area (Å²) >= 11 is 0.445. The van der Waals surface area contributed by atoms with Crippen LogP contribution in [0.15, 0.2) is 0 Å². The summed E-state index contributed by atoms with van der Waals surface area (Å²) in [6.07, 6.45) is 2.18. The van der Waals surface area contributed by atoms with Gasteiger partial charge in [0, 0.05) is 17.9 Å². The molecule has 0 aromatic carbocycles. The first kappa shape index (κ1) is 8.28. The van der Waals surface area contributed by atoms with Crippen molar-refractivity contribution in [3.05, 3.63) is 0 Å². The van der Waals surface area contributed by atoms with E-state index in [9.17, 15) is 3.89 Å². The topological polar surface area (TPSA) is 0 Å². The van der Waals surface area contributed by atoms with E-state index < -0.39 is 0 Å². The summed E-state index contributed by atoms with van der Waals surface area (Å²) in [7, 11) is 0. The summed E-state index contributed by atoms with van der Waals surface area (Å²) in [4.78, 5) is 0. The van der Waals surface area contributed by atoms with E-state index >= 15 is 0 Å². The van der Waals surface area contributed by atoms with Crippen LogP contribution in [0.1, 0.15) is 26.7 Å². The zero-order valence-corrected chi connectivity index (χ0v) is 6.30. The van der Waals surface area contributed by atoms with E-state index in [-0.39, 0.29) is 0 Å². The van der Waals surface area contributed by atoms with Gasteiger partial charge in [0.05, 0.1) is 0 Å². The molecule has 50 valence electrons. The molecule has 0 fully saturated rings. The number of hydrogen-bond donors (Lipinski definition) is 0. The van der Waals surface area contributed by atoms with Gasteiger partial charge in [-0.1, -0.05) is 20.3 Å². The van der Waals surface area contributed by atoms with Crippen molar-refractivity contribution in [2.45, 2.75) is 26.7 Å². The third-order valence-electron chi connectivity index (χ3n) is 1.38. The van der Waals surface area contributed by atoms with Crippen molar-refractivity contribution in [3.63, 3.8) is 0 Å². The molecule has 0 aliphatic carbocycles. The fourth-order valence-electron chi connectivity index (χ4n) is 0.450. The highest BCUT2D eigenvalue weighted by Gasteiger charge is 1.96. The van der Waals surface area contributed by atoms with E-state index in [2.05, 4.69) is 13.8 Å². The van der Waals surface area contributed by atoms with Crippen LogP contribution < -0.4 is 0 Å². The van der Waals surface area contributed by atoms with Crippen LogP contribution >= 0.6 is 12.1 Å². The number of hydrogen-bond acceptors (Lipinski definition) is 1. The molecule has 0 saturated carbocycles. The predicted molar refractivity (Wildman–Crippen MR) is 37.6 cm³/mol. The Morgan fingerprint density at radius 3 is 2.62 bits per heavy atom. The molecule has 0 rings (SSSR count). The van der Waals surface area contributed by atoms with Crippen LogP contribution in [0, 0.1) is 5.92 Å². The highest BCUT2D eigenvalue weighted by atomic mass is 32.2. The minimum atomic E-state index is 0.445. The van der Waals surface area contributed by atoms with Gasteiger partial charge in [0.15, 0.2) is 0 Å². The van der Waals surface area contributed by atoms with Gasteiger partial charge in [0.25, 0.3) is 0 Å². The minimum absolute atomic E-state index is 0.445. The normalized spacial score (nSPS) is 13.9. The molecule has 0 spiro atoms. The van der Waals surface area contributed by atoms with Crippen molar-refractivity contribution in [3.8, 4) is 0 Å². The summed E-state index contributed by atoms with van der Waals surface area (Å²) in [5, 5.41) is 0. The molecule has 0 aliphatic heterocycles. The molecule has 0 bridgehead atoms. The van der Waals surface area contributed by atoms with Crippen molar-refractivity contribution in [1.29, 1.82) is 0 Å². The second-order valence-electron chi connectivity index (χ2n) is 2.12. The Morgan fingerprint density at radius 2 is 2.25 bits per heavy atom. The number of rotatable bonds is 4. The van der Waals surface area contributed by atoms with E-state index in [1.807, 2.05) is 0 Å². The molecule has 0 aromatic rings. The Balaban J connectivity index is 2.86. The fraction of sp³-hybridized carbons (Fsp3) is 1.00. The van der Waals surface area contributed by atoms with Crippen LogP contribution in [0.3, 0.4) is 0 Å². The Bertz CT molecular complexity index is 47.8. The van der Waals surface area contributed by atoms with Crippen LogP contribution in [0.2, 0.25) is 0 Å². The minimum Gasteiger partial charge on any atom is -0.165 e. The highest BCUT2D eigenvalue weighted by Crippen LogP contribution is 2.11. The SMILES string of the molecule is CCC(C)CCSF. The molecule has 0 radical (unpaired) electrons. The fourth-order valence-corrected chi connectivity index (χ4v) is 0.941. The molecule has 1 unspecified atom stereocenters. The van der Waals surface area contributed by atoms with Gasteiger partial charge in [-0.15, -0.1) is 0 Å². The lowest BCUT2D eigenvalue weighted by Crippen LogP contribution is -1.92. The van der Waals surface area contributed by atoms with Crippen LogP contribution in [-0.2, 0) is 0 Å². The van der Waals surface area contributed by atoms with Gasteiger partial charge in [-0.05, 0) is 12.3 Å². The first-order chi connectivity index (χ1) is 3.81. The summed E-state index contributed by atoms with van der Waals surface area (Å²) in [5.41, 5.74) is 0. The molecule has 0 amide bonds. The van der Waals surface area contributed by atoms with Crippen molar-refractivity contribution < 1.29 is 3.89 Å². The van der Waals surface area contributed by atoms with Crippen LogP contribution in [0.5, 0.6) is 0 Å². The quantitative estimate of drug-likeness (QED) is 0.572. The summed E-state index contributed by atoms with van der Waals surface area (Å²) in [6.45, 7) is 4.28. The van der Waals surface area contributed by atoms with Gasteiger partial charge in [0.2, 0.25) is 0 Å². The van der Waals surface area contributed by atoms with E-state index in [0.29, 0.717) is 23.8 Å². The first-order valence-electron chi connectivity index (χ1n) is 3.04. The lowest BCUT2D eigenvalue weighted by molar-refractivity contribution is 0.547. The monoisotopic (exact) mass is 136 g/mol. The Hall–Kier alpha value is 0.280. The van der Waals surface area contributed by atoms with Gasteiger partial charge in [-0.3, -0.25) is 0 Å². The largest absolute Gasteiger partial charge is 0.165 e. The second-order valence-corrected chi connectivity index (χ2v) is 2.74. The maximum absolute atomic E-state index is 11.4. The molecule has 0 heterocycles. The van der Waals surface area contributed by atoms with Gasteiger partial charge < -0.3 is 0 Å². The van der Waals surface area contributed by atoms with Crippen LogP contribution in [-0.4, -0.2) is 5.75 Å². The highest BCUT2D eigenvalue weighted by molar-refractivity contribution is 7.94. The third-order valence-corrected chi connectivity index (χ3v) is 1.77. The Labute approximate surface area is 55.1 Å². The van der Waals surface area contributed by atoms with Crippen molar-refractivity contribution in [1.82, 2.24) is 0 Å². The lowest BCUT2D eigenvalue weighted by atomic mass is 10.1. The predicted octanol–water partition coefficient (Wildman–Crippen LogP) is 3.04. The van der Waals surface area contributed by atoms with E-state index in [1.165, 1.54) is 6.42 Å². The third kappa shape index (κ3) is 4.44.